The maximum Gasteiger partial charge on any atom is 0.303 e. The van der Waals surface area contributed by atoms with Gasteiger partial charge >= 0.3 is 17.9 Å². The Balaban J connectivity index is 1.74. The van der Waals surface area contributed by atoms with Gasteiger partial charge in [0.05, 0.1) is 17.6 Å². The van der Waals surface area contributed by atoms with E-state index in [4.69, 9.17) is 30.5 Å². The molecule has 11 heteroatoms. The minimum absolute atomic E-state index is 0.254. The van der Waals surface area contributed by atoms with Gasteiger partial charge in [0.25, 0.3) is 0 Å². The summed E-state index contributed by atoms with van der Waals surface area (Å²) in [5, 5.41) is 5.01. The first-order valence-electron chi connectivity index (χ1n) is 11.8. The average Bonchev–Trinajstić information content (AvgIpc) is 3.34. The highest BCUT2D eigenvalue weighted by Crippen LogP contribution is 2.40. The van der Waals surface area contributed by atoms with Gasteiger partial charge in [0.15, 0.2) is 23.7 Å². The van der Waals surface area contributed by atoms with Crippen LogP contribution in [-0.4, -0.2) is 57.2 Å². The average molecular weight is 559 g/mol. The van der Waals surface area contributed by atoms with Crippen LogP contribution in [0, 0.1) is 6.92 Å². The normalized spacial score (nSPS) is 20.9. The number of nitrogens with zero attached hydrogens (tertiary/aromatic N) is 2. The lowest BCUT2D eigenvalue weighted by molar-refractivity contribution is -0.186. The number of esters is 3. The number of para-hydroxylation sites is 1. The Labute approximate surface area is 229 Å². The third kappa shape index (κ3) is 6.31. The zero-order valence-electron chi connectivity index (χ0n) is 21.3. The molecule has 2 heterocycles. The molecule has 1 aliphatic heterocycles. The SMILES string of the molecule is CC(=O)O[C@@H]1[C@@H](OC(C)=O)[C@H](OC(C)=O)CS[C@H]1Oc1cc(C)c(Cl)cc1-c1ccnn1-c1ccccc1. The number of thioether (sulfide) groups is 1. The van der Waals surface area contributed by atoms with Crippen LogP contribution in [0.4, 0.5) is 0 Å². The zero-order chi connectivity index (χ0) is 27.4. The topological polar surface area (TPSA) is 106 Å². The molecule has 3 aromatic rings. The molecule has 1 aromatic heterocycles. The van der Waals surface area contributed by atoms with Gasteiger partial charge in [-0.25, -0.2) is 4.68 Å². The lowest BCUT2D eigenvalue weighted by Gasteiger charge is -2.40. The van der Waals surface area contributed by atoms with Gasteiger partial charge in [-0.3, -0.25) is 14.4 Å². The Kier molecular flexibility index (Phi) is 8.63. The summed E-state index contributed by atoms with van der Waals surface area (Å²) in [6.07, 6.45) is -1.26. The van der Waals surface area contributed by atoms with Gasteiger partial charge in [0.1, 0.15) is 5.75 Å². The standard InChI is InChI=1S/C27H27ClN2O7S/c1-15-12-23(20(13-21(15)28)22-10-11-29-30(22)19-8-6-5-7-9-19)37-27-26(36-18(4)33)25(35-17(3)32)24(14-38-27)34-16(2)31/h5-13,24-27H,14H2,1-4H3/t24-,25+,26-,27-/m1/s1. The fourth-order valence-electron chi connectivity index (χ4n) is 4.17. The number of ether oxygens (including phenoxy) is 4. The van der Waals surface area contributed by atoms with E-state index in [0.717, 1.165) is 16.9 Å². The third-order valence-electron chi connectivity index (χ3n) is 5.73. The van der Waals surface area contributed by atoms with Crippen molar-refractivity contribution in [3.8, 4) is 22.7 Å². The Hall–Kier alpha value is -3.50. The quantitative estimate of drug-likeness (QED) is 0.300. The molecule has 200 valence electrons. The molecular weight excluding hydrogens is 532 g/mol. The number of aryl methyl sites for hydroxylation is 1. The van der Waals surface area contributed by atoms with Gasteiger partial charge in [-0.15, -0.1) is 11.8 Å². The number of carbonyl (C=O) groups excluding carboxylic acids is 3. The van der Waals surface area contributed by atoms with Crippen LogP contribution in [0.2, 0.25) is 5.02 Å². The fourth-order valence-corrected chi connectivity index (χ4v) is 5.54. The van der Waals surface area contributed by atoms with Crippen LogP contribution >= 0.6 is 23.4 Å². The Morgan fingerprint density at radius 2 is 1.61 bits per heavy atom. The minimum atomic E-state index is -1.06. The molecule has 0 bridgehead atoms. The second-order valence-electron chi connectivity index (χ2n) is 8.68. The molecule has 38 heavy (non-hydrogen) atoms. The number of hydrogen-bond donors (Lipinski definition) is 0. The van der Waals surface area contributed by atoms with Gasteiger partial charge in [-0.05, 0) is 42.8 Å². The highest BCUT2D eigenvalue weighted by molar-refractivity contribution is 7.99. The molecule has 1 aliphatic rings. The number of halogens is 1. The van der Waals surface area contributed by atoms with Crippen LogP contribution in [-0.2, 0) is 28.6 Å². The smallest absolute Gasteiger partial charge is 0.303 e. The van der Waals surface area contributed by atoms with Gasteiger partial charge in [0, 0.05) is 37.1 Å². The predicted octanol–water partition coefficient (Wildman–Crippen LogP) is 4.75. The van der Waals surface area contributed by atoms with Crippen LogP contribution in [0.25, 0.3) is 16.9 Å². The minimum Gasteiger partial charge on any atom is -0.475 e. The summed E-state index contributed by atoms with van der Waals surface area (Å²) in [6, 6.07) is 15.0. The van der Waals surface area contributed by atoms with E-state index >= 15 is 0 Å². The van der Waals surface area contributed by atoms with Crippen LogP contribution in [0.1, 0.15) is 26.3 Å². The van der Waals surface area contributed by atoms with Crippen molar-refractivity contribution < 1.29 is 33.3 Å². The van der Waals surface area contributed by atoms with Crippen molar-refractivity contribution in [3.05, 3.63) is 65.3 Å². The van der Waals surface area contributed by atoms with Crippen LogP contribution in [0.3, 0.4) is 0 Å². The van der Waals surface area contributed by atoms with E-state index in [0.29, 0.717) is 16.3 Å². The monoisotopic (exact) mass is 558 g/mol. The first-order chi connectivity index (χ1) is 18.1. The van der Waals surface area contributed by atoms with Crippen LogP contribution in [0.15, 0.2) is 54.7 Å². The first kappa shape index (κ1) is 27.5. The molecule has 2 aromatic carbocycles. The molecule has 0 aliphatic carbocycles. The van der Waals surface area contributed by atoms with E-state index in [9.17, 15) is 14.4 Å². The van der Waals surface area contributed by atoms with Crippen molar-refractivity contribution in [1.29, 1.82) is 0 Å². The lowest BCUT2D eigenvalue weighted by Crippen LogP contribution is -2.55. The summed E-state index contributed by atoms with van der Waals surface area (Å²) < 4.78 is 24.7. The molecule has 0 spiro atoms. The number of benzene rings is 2. The van der Waals surface area contributed by atoms with Gasteiger partial charge in [-0.2, -0.15) is 5.10 Å². The molecule has 0 N–H and O–H groups in total. The van der Waals surface area contributed by atoms with Crippen molar-refractivity contribution in [2.24, 2.45) is 0 Å². The van der Waals surface area contributed by atoms with Crippen LogP contribution < -0.4 is 4.74 Å². The Morgan fingerprint density at radius 3 is 2.26 bits per heavy atom. The molecule has 1 saturated heterocycles. The number of aromatic nitrogens is 2. The second-order valence-corrected chi connectivity index (χ2v) is 10.2. The Bertz CT molecular complexity index is 1330. The van der Waals surface area contributed by atoms with E-state index in [1.165, 1.54) is 32.5 Å². The first-order valence-corrected chi connectivity index (χ1v) is 13.3. The van der Waals surface area contributed by atoms with Crippen molar-refractivity contribution in [1.82, 2.24) is 9.78 Å². The largest absolute Gasteiger partial charge is 0.475 e. The highest BCUT2D eigenvalue weighted by Gasteiger charge is 2.48. The third-order valence-corrected chi connectivity index (χ3v) is 7.35. The van der Waals surface area contributed by atoms with E-state index in [2.05, 4.69) is 5.10 Å². The summed E-state index contributed by atoms with van der Waals surface area (Å²) in [6.45, 7) is 5.60. The van der Waals surface area contributed by atoms with E-state index in [1.807, 2.05) is 43.3 Å². The predicted molar refractivity (Wildman–Crippen MR) is 142 cm³/mol. The lowest BCUT2D eigenvalue weighted by atomic mass is 10.1. The summed E-state index contributed by atoms with van der Waals surface area (Å²) in [4.78, 5) is 35.7. The molecule has 0 unspecified atom stereocenters. The van der Waals surface area contributed by atoms with E-state index in [1.54, 1.807) is 23.0 Å². The Morgan fingerprint density at radius 1 is 0.947 bits per heavy atom. The maximum absolute atomic E-state index is 12.1. The number of hydrogen-bond acceptors (Lipinski definition) is 9. The maximum atomic E-state index is 12.1. The van der Waals surface area contributed by atoms with Crippen molar-refractivity contribution in [3.63, 3.8) is 0 Å². The van der Waals surface area contributed by atoms with E-state index in [-0.39, 0.29) is 5.75 Å². The van der Waals surface area contributed by atoms with Gasteiger partial charge in [-0.1, -0.05) is 29.8 Å². The van der Waals surface area contributed by atoms with E-state index < -0.39 is 41.7 Å². The molecule has 0 saturated carbocycles. The van der Waals surface area contributed by atoms with Gasteiger partial charge in [0.2, 0.25) is 0 Å². The molecule has 0 amide bonds. The molecule has 4 atom stereocenters. The van der Waals surface area contributed by atoms with Crippen LogP contribution in [0.5, 0.6) is 5.75 Å². The molecule has 0 radical (unpaired) electrons. The van der Waals surface area contributed by atoms with Crippen molar-refractivity contribution >= 4 is 41.3 Å². The highest BCUT2D eigenvalue weighted by atomic mass is 35.5. The van der Waals surface area contributed by atoms with Crippen molar-refractivity contribution in [2.45, 2.75) is 51.4 Å². The molecule has 1 fully saturated rings. The molecular formula is C27H27ClN2O7S. The van der Waals surface area contributed by atoms with Gasteiger partial charge < -0.3 is 18.9 Å². The number of rotatable bonds is 7. The summed E-state index contributed by atoms with van der Waals surface area (Å²) >= 11 is 7.81. The number of carbonyl (C=O) groups is 3. The molecule has 4 rings (SSSR count). The second kappa shape index (κ2) is 11.9. The fraction of sp³-hybridized carbons (Fsp3) is 0.333. The summed E-state index contributed by atoms with van der Waals surface area (Å²) in [5.41, 5.74) is 2.22. The molecule has 9 nitrogen and oxygen atoms in total. The summed E-state index contributed by atoms with van der Waals surface area (Å²) in [7, 11) is 0. The van der Waals surface area contributed by atoms with Crippen molar-refractivity contribution in [2.75, 3.05) is 5.75 Å². The zero-order valence-corrected chi connectivity index (χ0v) is 22.8. The summed E-state index contributed by atoms with van der Waals surface area (Å²) in [5.74, 6) is -1.03.